The molecule has 0 spiro atoms. The predicted molar refractivity (Wildman–Crippen MR) is 86.0 cm³/mol. The summed E-state index contributed by atoms with van der Waals surface area (Å²) in [4.78, 5) is 22.7. The number of amides is 1. The van der Waals surface area contributed by atoms with Crippen molar-refractivity contribution < 1.29 is 28.6 Å². The highest BCUT2D eigenvalue weighted by Gasteiger charge is 2.16. The third-order valence-corrected chi connectivity index (χ3v) is 3.35. The molecule has 1 heterocycles. The highest BCUT2D eigenvalue weighted by molar-refractivity contribution is 6.32. The number of furan rings is 1. The SMILES string of the molecule is CCOc1c(Cl)cc(CNC(=O)c2ccc(C(=O)O)o2)cc1OC. The van der Waals surface area contributed by atoms with Crippen LogP contribution in [0.15, 0.2) is 28.7 Å². The zero-order valence-electron chi connectivity index (χ0n) is 13.1. The third-order valence-electron chi connectivity index (χ3n) is 3.07. The number of carboxylic acid groups (broad SMARTS) is 1. The van der Waals surface area contributed by atoms with E-state index in [4.69, 9.17) is 30.6 Å². The zero-order valence-corrected chi connectivity index (χ0v) is 13.8. The lowest BCUT2D eigenvalue weighted by Gasteiger charge is -2.13. The van der Waals surface area contributed by atoms with E-state index < -0.39 is 11.9 Å². The first-order valence-electron chi connectivity index (χ1n) is 7.06. The lowest BCUT2D eigenvalue weighted by Crippen LogP contribution is -2.22. The Kier molecular flexibility index (Phi) is 5.70. The van der Waals surface area contributed by atoms with Crippen LogP contribution in [0.2, 0.25) is 5.02 Å². The van der Waals surface area contributed by atoms with Crippen molar-refractivity contribution in [1.82, 2.24) is 5.32 Å². The second-order valence-corrected chi connectivity index (χ2v) is 5.10. The Balaban J connectivity index is 2.09. The fourth-order valence-corrected chi connectivity index (χ4v) is 2.29. The van der Waals surface area contributed by atoms with Gasteiger partial charge in [-0.2, -0.15) is 0 Å². The molecule has 1 aromatic heterocycles. The number of carbonyl (C=O) groups excluding carboxylic acids is 1. The van der Waals surface area contributed by atoms with Crippen LogP contribution in [-0.2, 0) is 6.54 Å². The Morgan fingerprint density at radius 3 is 2.58 bits per heavy atom. The minimum absolute atomic E-state index is 0.0867. The van der Waals surface area contributed by atoms with Crippen LogP contribution in [0.3, 0.4) is 0 Å². The maximum Gasteiger partial charge on any atom is 0.371 e. The quantitative estimate of drug-likeness (QED) is 0.794. The highest BCUT2D eigenvalue weighted by Crippen LogP contribution is 2.36. The van der Waals surface area contributed by atoms with Gasteiger partial charge in [0, 0.05) is 6.54 Å². The van der Waals surface area contributed by atoms with Crippen LogP contribution in [0.4, 0.5) is 0 Å². The van der Waals surface area contributed by atoms with Gasteiger partial charge < -0.3 is 24.3 Å². The van der Waals surface area contributed by atoms with Gasteiger partial charge in [0.05, 0.1) is 18.7 Å². The molecule has 2 aromatic rings. The molecule has 1 amide bonds. The Morgan fingerprint density at radius 2 is 2.00 bits per heavy atom. The van der Waals surface area contributed by atoms with Crippen molar-refractivity contribution in [2.24, 2.45) is 0 Å². The average molecular weight is 354 g/mol. The number of nitrogens with one attached hydrogen (secondary N) is 1. The lowest BCUT2D eigenvalue weighted by molar-refractivity contribution is 0.0659. The number of hydrogen-bond donors (Lipinski definition) is 2. The third kappa shape index (κ3) is 3.99. The van der Waals surface area contributed by atoms with E-state index in [-0.39, 0.29) is 18.1 Å². The van der Waals surface area contributed by atoms with Crippen LogP contribution in [0, 0.1) is 0 Å². The molecular weight excluding hydrogens is 338 g/mol. The second kappa shape index (κ2) is 7.74. The molecule has 8 heteroatoms. The normalized spacial score (nSPS) is 10.3. The number of ether oxygens (including phenoxy) is 2. The van der Waals surface area contributed by atoms with Gasteiger partial charge in [0.15, 0.2) is 17.3 Å². The van der Waals surface area contributed by atoms with E-state index in [1.165, 1.54) is 19.2 Å². The lowest BCUT2D eigenvalue weighted by atomic mass is 10.2. The van der Waals surface area contributed by atoms with Crippen molar-refractivity contribution in [1.29, 1.82) is 0 Å². The van der Waals surface area contributed by atoms with E-state index in [1.807, 2.05) is 6.92 Å². The number of rotatable bonds is 7. The molecule has 0 fully saturated rings. The summed E-state index contributed by atoms with van der Waals surface area (Å²) in [7, 11) is 1.49. The molecule has 0 atom stereocenters. The maximum atomic E-state index is 12.0. The fraction of sp³-hybridized carbons (Fsp3) is 0.250. The van der Waals surface area contributed by atoms with Crippen LogP contribution in [-0.4, -0.2) is 30.7 Å². The smallest absolute Gasteiger partial charge is 0.371 e. The molecular formula is C16H16ClNO6. The summed E-state index contributed by atoms with van der Waals surface area (Å²) in [5.74, 6) is -1.26. The number of carboxylic acids is 1. The summed E-state index contributed by atoms with van der Waals surface area (Å²) in [6, 6.07) is 5.86. The molecule has 2 N–H and O–H groups in total. The van der Waals surface area contributed by atoms with Crippen molar-refractivity contribution in [3.05, 3.63) is 46.4 Å². The number of aromatic carboxylic acids is 1. The summed E-state index contributed by atoms with van der Waals surface area (Å²) in [5.41, 5.74) is 0.693. The van der Waals surface area contributed by atoms with Gasteiger partial charge in [-0.05, 0) is 36.8 Å². The highest BCUT2D eigenvalue weighted by atomic mass is 35.5. The topological polar surface area (TPSA) is 98.0 Å². The van der Waals surface area contributed by atoms with Gasteiger partial charge in [-0.1, -0.05) is 11.6 Å². The standard InChI is InChI=1S/C16H16ClNO6/c1-3-23-14-10(17)6-9(7-13(14)22-2)8-18-15(19)11-4-5-12(24-11)16(20)21/h4-7H,3,8H2,1-2H3,(H,18,19)(H,20,21). The number of hydrogen-bond acceptors (Lipinski definition) is 5. The van der Waals surface area contributed by atoms with Crippen molar-refractivity contribution in [3.63, 3.8) is 0 Å². The van der Waals surface area contributed by atoms with Gasteiger partial charge in [0.1, 0.15) is 0 Å². The van der Waals surface area contributed by atoms with Gasteiger partial charge >= 0.3 is 5.97 Å². The van der Waals surface area contributed by atoms with Gasteiger partial charge in [-0.3, -0.25) is 4.79 Å². The van der Waals surface area contributed by atoms with E-state index in [0.717, 1.165) is 0 Å². The summed E-state index contributed by atoms with van der Waals surface area (Å²) in [6.07, 6.45) is 0. The minimum atomic E-state index is -1.24. The molecule has 0 bridgehead atoms. The van der Waals surface area contributed by atoms with Gasteiger partial charge in [0.25, 0.3) is 5.91 Å². The number of benzene rings is 1. The average Bonchev–Trinajstić information content (AvgIpc) is 3.05. The largest absolute Gasteiger partial charge is 0.493 e. The maximum absolute atomic E-state index is 12.0. The Bertz CT molecular complexity index is 755. The summed E-state index contributed by atoms with van der Waals surface area (Å²) in [6.45, 7) is 2.43. The molecule has 0 saturated carbocycles. The molecule has 0 unspecified atom stereocenters. The van der Waals surface area contributed by atoms with Crippen molar-refractivity contribution in [3.8, 4) is 11.5 Å². The monoisotopic (exact) mass is 353 g/mol. The Hall–Kier alpha value is -2.67. The molecule has 2 rings (SSSR count). The predicted octanol–water partition coefficient (Wildman–Crippen LogP) is 2.97. The molecule has 0 aliphatic carbocycles. The molecule has 0 aliphatic rings. The van der Waals surface area contributed by atoms with Crippen molar-refractivity contribution in [2.45, 2.75) is 13.5 Å². The summed E-state index contributed by atoms with van der Waals surface area (Å²) >= 11 is 6.16. The van der Waals surface area contributed by atoms with Crippen LogP contribution in [0.5, 0.6) is 11.5 Å². The fourth-order valence-electron chi connectivity index (χ4n) is 2.00. The first-order chi connectivity index (χ1) is 11.5. The Labute approximate surface area is 143 Å². The molecule has 0 radical (unpaired) electrons. The molecule has 1 aromatic carbocycles. The molecule has 128 valence electrons. The van der Waals surface area contributed by atoms with E-state index in [2.05, 4.69) is 5.32 Å². The zero-order chi connectivity index (χ0) is 17.7. The molecule has 24 heavy (non-hydrogen) atoms. The van der Waals surface area contributed by atoms with Crippen LogP contribution < -0.4 is 14.8 Å². The van der Waals surface area contributed by atoms with Crippen molar-refractivity contribution >= 4 is 23.5 Å². The van der Waals surface area contributed by atoms with Gasteiger partial charge in [-0.15, -0.1) is 0 Å². The first-order valence-corrected chi connectivity index (χ1v) is 7.44. The van der Waals surface area contributed by atoms with E-state index >= 15 is 0 Å². The number of halogens is 1. The van der Waals surface area contributed by atoms with Crippen LogP contribution in [0.25, 0.3) is 0 Å². The summed E-state index contributed by atoms with van der Waals surface area (Å²) in [5, 5.41) is 11.8. The van der Waals surface area contributed by atoms with Crippen LogP contribution in [0.1, 0.15) is 33.6 Å². The molecule has 7 nitrogen and oxygen atoms in total. The minimum Gasteiger partial charge on any atom is -0.493 e. The Morgan fingerprint density at radius 1 is 1.29 bits per heavy atom. The number of methoxy groups -OCH3 is 1. The van der Waals surface area contributed by atoms with Crippen molar-refractivity contribution in [2.75, 3.05) is 13.7 Å². The molecule has 0 aliphatic heterocycles. The number of carbonyl (C=O) groups is 2. The van der Waals surface area contributed by atoms with Crippen LogP contribution >= 0.6 is 11.6 Å². The summed E-state index contributed by atoms with van der Waals surface area (Å²) < 4.78 is 15.6. The van der Waals surface area contributed by atoms with E-state index in [0.29, 0.717) is 28.7 Å². The van der Waals surface area contributed by atoms with E-state index in [1.54, 1.807) is 12.1 Å². The first kappa shape index (κ1) is 17.7. The molecule has 0 saturated heterocycles. The van der Waals surface area contributed by atoms with Gasteiger partial charge in [-0.25, -0.2) is 4.79 Å². The van der Waals surface area contributed by atoms with Gasteiger partial charge in [0.2, 0.25) is 5.76 Å². The second-order valence-electron chi connectivity index (χ2n) is 4.69. The van der Waals surface area contributed by atoms with E-state index in [9.17, 15) is 9.59 Å².